The van der Waals surface area contributed by atoms with Crippen molar-refractivity contribution in [3.63, 3.8) is 0 Å². The van der Waals surface area contributed by atoms with Crippen molar-refractivity contribution in [2.24, 2.45) is 0 Å². The van der Waals surface area contributed by atoms with Gasteiger partial charge in [0, 0.05) is 0 Å². The Morgan fingerprint density at radius 2 is 1.54 bits per heavy atom. The Balaban J connectivity index is 2.12. The molecule has 0 unspecified atom stereocenters. The molecule has 2 aromatic rings. The molecule has 0 atom stereocenters. The minimum atomic E-state index is -4.60. The number of hydrazine groups is 1. The highest BCUT2D eigenvalue weighted by molar-refractivity contribution is 7.89. The molecular weight excluding hydrogens is 352 g/mol. The largest absolute Gasteiger partial charge is 0.416 e. The monoisotopic (exact) mass is 362 g/mol. The Morgan fingerprint density at radius 1 is 0.958 bits per heavy atom. The number of benzene rings is 2. The van der Waals surface area contributed by atoms with E-state index in [2.05, 4.69) is 0 Å². The van der Waals surface area contributed by atoms with Crippen molar-refractivity contribution in [2.45, 2.75) is 11.1 Å². The molecule has 0 spiro atoms. The quantitative estimate of drug-likeness (QED) is 0.648. The summed E-state index contributed by atoms with van der Waals surface area (Å²) >= 11 is 0. The standard InChI is InChI=1S/C14H10F4N2O3S/c15-12-4-2-1-3-11(12)13(21)19-20-24(22,23)10-7-5-9(6-8-10)14(16,17)18/h1-8,20H,(H,19,21). The first kappa shape index (κ1) is 17.9. The fourth-order valence-corrected chi connectivity index (χ4v) is 2.55. The molecule has 2 aromatic carbocycles. The topological polar surface area (TPSA) is 75.3 Å². The van der Waals surface area contributed by atoms with Crippen LogP contribution in [0.5, 0.6) is 0 Å². The van der Waals surface area contributed by atoms with E-state index in [9.17, 15) is 30.8 Å². The Hall–Kier alpha value is -2.46. The van der Waals surface area contributed by atoms with Gasteiger partial charge in [0.2, 0.25) is 0 Å². The third kappa shape index (κ3) is 4.09. The van der Waals surface area contributed by atoms with Gasteiger partial charge in [-0.25, -0.2) is 12.8 Å². The van der Waals surface area contributed by atoms with Crippen LogP contribution < -0.4 is 10.3 Å². The van der Waals surface area contributed by atoms with Gasteiger partial charge in [-0.1, -0.05) is 12.1 Å². The molecule has 0 heterocycles. The van der Waals surface area contributed by atoms with Crippen molar-refractivity contribution >= 4 is 15.9 Å². The molecule has 0 aliphatic heterocycles. The van der Waals surface area contributed by atoms with Gasteiger partial charge < -0.3 is 0 Å². The number of carbonyl (C=O) groups is 1. The maximum Gasteiger partial charge on any atom is 0.416 e. The zero-order chi connectivity index (χ0) is 18.0. The number of alkyl halides is 3. The van der Waals surface area contributed by atoms with Crippen LogP contribution in [0.25, 0.3) is 0 Å². The van der Waals surface area contributed by atoms with E-state index in [4.69, 9.17) is 0 Å². The van der Waals surface area contributed by atoms with Gasteiger partial charge >= 0.3 is 6.18 Å². The van der Waals surface area contributed by atoms with Crippen LogP contribution in [0, 0.1) is 5.82 Å². The molecule has 0 radical (unpaired) electrons. The molecule has 24 heavy (non-hydrogen) atoms. The second-order valence-corrected chi connectivity index (χ2v) is 6.24. The molecule has 5 nitrogen and oxygen atoms in total. The first-order valence-electron chi connectivity index (χ1n) is 6.35. The molecule has 1 amide bonds. The van der Waals surface area contributed by atoms with Gasteiger partial charge in [-0.3, -0.25) is 10.2 Å². The zero-order valence-corrected chi connectivity index (χ0v) is 12.6. The molecule has 0 aliphatic carbocycles. The smallest absolute Gasteiger partial charge is 0.273 e. The lowest BCUT2D eigenvalue weighted by Gasteiger charge is -2.10. The van der Waals surface area contributed by atoms with Gasteiger partial charge in [-0.15, -0.1) is 4.83 Å². The van der Waals surface area contributed by atoms with Crippen LogP contribution >= 0.6 is 0 Å². The summed E-state index contributed by atoms with van der Waals surface area (Å²) in [4.78, 5) is 12.9. The Morgan fingerprint density at radius 3 is 2.08 bits per heavy atom. The minimum absolute atomic E-state index is 0.396. The predicted molar refractivity (Wildman–Crippen MR) is 75.6 cm³/mol. The fraction of sp³-hybridized carbons (Fsp3) is 0.0714. The van der Waals surface area contributed by atoms with E-state index in [1.165, 1.54) is 12.1 Å². The zero-order valence-electron chi connectivity index (χ0n) is 11.8. The summed E-state index contributed by atoms with van der Waals surface area (Å²) in [6, 6.07) is 7.53. The number of nitrogens with one attached hydrogen (secondary N) is 2. The Kier molecular flexibility index (Phi) is 4.90. The van der Waals surface area contributed by atoms with Gasteiger partial charge in [0.15, 0.2) is 0 Å². The van der Waals surface area contributed by atoms with E-state index in [-0.39, 0.29) is 0 Å². The van der Waals surface area contributed by atoms with Crippen LogP contribution in [-0.2, 0) is 16.2 Å². The average molecular weight is 362 g/mol. The van der Waals surface area contributed by atoms with E-state index in [0.717, 1.165) is 24.3 Å². The van der Waals surface area contributed by atoms with Crippen LogP contribution in [0.1, 0.15) is 15.9 Å². The molecule has 0 aliphatic rings. The highest BCUT2D eigenvalue weighted by Crippen LogP contribution is 2.29. The molecule has 0 aromatic heterocycles. The SMILES string of the molecule is O=C(NNS(=O)(=O)c1ccc(C(F)(F)F)cc1)c1ccccc1F. The fourth-order valence-electron chi connectivity index (χ4n) is 1.71. The van der Waals surface area contributed by atoms with Crippen LogP contribution in [0.2, 0.25) is 0 Å². The lowest BCUT2D eigenvalue weighted by atomic mass is 10.2. The van der Waals surface area contributed by atoms with Crippen LogP contribution in [-0.4, -0.2) is 14.3 Å². The Bertz CT molecular complexity index is 849. The molecule has 128 valence electrons. The van der Waals surface area contributed by atoms with Crippen molar-refractivity contribution in [1.82, 2.24) is 10.3 Å². The maximum absolute atomic E-state index is 13.4. The number of sulfonamides is 1. The molecule has 0 fully saturated rings. The second kappa shape index (κ2) is 6.57. The van der Waals surface area contributed by atoms with Crippen LogP contribution in [0.15, 0.2) is 53.4 Å². The number of halogens is 4. The minimum Gasteiger partial charge on any atom is -0.273 e. The van der Waals surface area contributed by atoms with Crippen LogP contribution in [0.3, 0.4) is 0 Å². The third-order valence-electron chi connectivity index (χ3n) is 2.91. The number of hydrogen-bond acceptors (Lipinski definition) is 3. The summed E-state index contributed by atoms with van der Waals surface area (Å²) in [7, 11) is -4.31. The van der Waals surface area contributed by atoms with Gasteiger partial charge in [0.1, 0.15) is 5.82 Å². The summed E-state index contributed by atoms with van der Waals surface area (Å²) in [5.41, 5.74) is 0.372. The van der Waals surface area contributed by atoms with Crippen molar-refractivity contribution in [2.75, 3.05) is 0 Å². The first-order chi connectivity index (χ1) is 11.1. The van der Waals surface area contributed by atoms with E-state index < -0.39 is 43.9 Å². The average Bonchev–Trinajstić information content (AvgIpc) is 2.52. The van der Waals surface area contributed by atoms with Gasteiger partial charge in [0.05, 0.1) is 16.0 Å². The van der Waals surface area contributed by atoms with Gasteiger partial charge in [-0.2, -0.15) is 13.2 Å². The molecule has 0 bridgehead atoms. The molecule has 0 saturated carbocycles. The lowest BCUT2D eigenvalue weighted by Crippen LogP contribution is -2.41. The van der Waals surface area contributed by atoms with Gasteiger partial charge in [-0.05, 0) is 36.4 Å². The number of carbonyl (C=O) groups excluding carboxylic acids is 1. The molecular formula is C14H10F4N2O3S. The summed E-state index contributed by atoms with van der Waals surface area (Å²) in [6.45, 7) is 0. The van der Waals surface area contributed by atoms with E-state index in [1.54, 1.807) is 10.3 Å². The Labute approximate surface area is 134 Å². The normalized spacial score (nSPS) is 12.0. The molecule has 10 heteroatoms. The van der Waals surface area contributed by atoms with Crippen molar-refractivity contribution < 1.29 is 30.8 Å². The second-order valence-electron chi connectivity index (χ2n) is 4.56. The summed E-state index contributed by atoms with van der Waals surface area (Å²) in [6.07, 6.45) is -4.60. The highest BCUT2D eigenvalue weighted by atomic mass is 32.2. The third-order valence-corrected chi connectivity index (χ3v) is 4.17. The number of rotatable bonds is 4. The van der Waals surface area contributed by atoms with Gasteiger partial charge in [0.25, 0.3) is 15.9 Å². The molecule has 2 N–H and O–H groups in total. The number of amides is 1. The van der Waals surface area contributed by atoms with Crippen molar-refractivity contribution in [1.29, 1.82) is 0 Å². The van der Waals surface area contributed by atoms with Crippen LogP contribution in [0.4, 0.5) is 17.6 Å². The maximum atomic E-state index is 13.4. The predicted octanol–water partition coefficient (Wildman–Crippen LogP) is 2.47. The molecule has 2 rings (SSSR count). The van der Waals surface area contributed by atoms with Crippen molar-refractivity contribution in [3.05, 3.63) is 65.5 Å². The highest BCUT2D eigenvalue weighted by Gasteiger charge is 2.30. The number of hydrogen-bond donors (Lipinski definition) is 2. The van der Waals surface area contributed by atoms with E-state index in [0.29, 0.717) is 12.1 Å². The van der Waals surface area contributed by atoms with Crippen molar-refractivity contribution in [3.8, 4) is 0 Å². The summed E-state index contributed by atoms with van der Waals surface area (Å²) in [5, 5.41) is 0. The first-order valence-corrected chi connectivity index (χ1v) is 7.83. The van der Waals surface area contributed by atoms with E-state index in [1.807, 2.05) is 0 Å². The van der Waals surface area contributed by atoms with E-state index >= 15 is 0 Å². The summed E-state index contributed by atoms with van der Waals surface area (Å²) < 4.78 is 74.5. The lowest BCUT2D eigenvalue weighted by molar-refractivity contribution is -0.137. The molecule has 0 saturated heterocycles. The summed E-state index contributed by atoms with van der Waals surface area (Å²) in [5.74, 6) is -1.91.